The largest absolute Gasteiger partial charge is 0.387 e. The van der Waals surface area contributed by atoms with Crippen LogP contribution in [0, 0.1) is 16.7 Å². The summed E-state index contributed by atoms with van der Waals surface area (Å²) < 4.78 is 6.87. The highest BCUT2D eigenvalue weighted by atomic mass is 16.6. The van der Waals surface area contributed by atoms with E-state index >= 15 is 0 Å². The lowest BCUT2D eigenvalue weighted by Crippen LogP contribution is -2.34. The molecule has 0 amide bonds. The van der Waals surface area contributed by atoms with Gasteiger partial charge in [0, 0.05) is 6.54 Å². The summed E-state index contributed by atoms with van der Waals surface area (Å²) in [6.45, 7) is 6.21. The standard InChI is InChI=1S/C14H16N6O4.CH3N/c1-3-16-12-8-13(19-7(4-15)18-12)20(5-17-8)14-10(23)9(22)11(24-14)6(2)21;1-2/h5,9-11,14,22-23H,3H2,1-2H3,(H,16,18,19);2H,1H2/t9-,10+,11+,14+;/m0./s1. The summed E-state index contributed by atoms with van der Waals surface area (Å²) in [5, 5.41) is 37.8. The Kier molecular flexibility index (Phi) is 5.93. The number of anilines is 1. The van der Waals surface area contributed by atoms with Crippen LogP contribution in [0.3, 0.4) is 0 Å². The highest BCUT2D eigenvalue weighted by molar-refractivity contribution is 5.84. The number of ether oxygens (including phenoxy) is 1. The van der Waals surface area contributed by atoms with Crippen molar-refractivity contribution in [2.45, 2.75) is 38.4 Å². The average Bonchev–Trinajstić information content (AvgIpc) is 3.19. The maximum Gasteiger partial charge on any atom is 0.236 e. The van der Waals surface area contributed by atoms with E-state index in [4.69, 9.17) is 15.4 Å². The van der Waals surface area contributed by atoms with Crippen LogP contribution in [0.5, 0.6) is 0 Å². The summed E-state index contributed by atoms with van der Waals surface area (Å²) in [6.07, 6.45) is -3.50. The number of rotatable bonds is 4. The maximum atomic E-state index is 11.5. The van der Waals surface area contributed by atoms with E-state index in [9.17, 15) is 15.0 Å². The SMILES string of the molecule is C=N.CCNc1nc(C#N)nc2c1ncn2[C@@H]1O[C@H](C(C)=O)[C@@H](O)[C@H]1O. The molecule has 11 heteroatoms. The predicted octanol–water partition coefficient (Wildman–Crippen LogP) is -0.396. The zero-order chi connectivity index (χ0) is 19.4. The molecule has 0 aliphatic carbocycles. The lowest BCUT2D eigenvalue weighted by molar-refractivity contribution is -0.133. The summed E-state index contributed by atoms with van der Waals surface area (Å²) in [4.78, 5) is 23.9. The van der Waals surface area contributed by atoms with Gasteiger partial charge in [-0.3, -0.25) is 9.36 Å². The fourth-order valence-electron chi connectivity index (χ4n) is 2.67. The summed E-state index contributed by atoms with van der Waals surface area (Å²) >= 11 is 0. The number of fused-ring (bicyclic) bond motifs is 1. The second-order valence-electron chi connectivity index (χ2n) is 5.40. The second kappa shape index (κ2) is 7.96. The molecular weight excluding hydrogens is 342 g/mol. The minimum atomic E-state index is -1.35. The molecular formula is C15H19N7O4. The quantitative estimate of drug-likeness (QED) is 0.529. The zero-order valence-corrected chi connectivity index (χ0v) is 14.2. The van der Waals surface area contributed by atoms with Gasteiger partial charge in [-0.2, -0.15) is 15.2 Å². The molecule has 3 heterocycles. The van der Waals surface area contributed by atoms with Gasteiger partial charge in [0.2, 0.25) is 5.82 Å². The van der Waals surface area contributed by atoms with E-state index < -0.39 is 30.3 Å². The number of aliphatic hydroxyl groups excluding tert-OH is 2. The normalized spacial score (nSPS) is 24.6. The Hall–Kier alpha value is -2.94. The van der Waals surface area contributed by atoms with Gasteiger partial charge >= 0.3 is 0 Å². The number of ketones is 1. The number of imidazole rings is 1. The van der Waals surface area contributed by atoms with E-state index in [1.807, 2.05) is 13.0 Å². The van der Waals surface area contributed by atoms with E-state index in [0.29, 0.717) is 17.9 Å². The number of aliphatic hydroxyl groups is 2. The van der Waals surface area contributed by atoms with Crippen molar-refractivity contribution in [1.29, 1.82) is 10.7 Å². The Morgan fingerprint density at radius 1 is 1.46 bits per heavy atom. The van der Waals surface area contributed by atoms with Crippen molar-refractivity contribution in [3.63, 3.8) is 0 Å². The first kappa shape index (κ1) is 19.4. The molecule has 1 aliphatic rings. The lowest BCUT2D eigenvalue weighted by Gasteiger charge is -2.16. The van der Waals surface area contributed by atoms with E-state index in [2.05, 4.69) is 27.0 Å². The number of Topliss-reactive ketones (excluding diaryl/α,β-unsaturated/α-hetero) is 1. The summed E-state index contributed by atoms with van der Waals surface area (Å²) in [6, 6.07) is 1.86. The summed E-state index contributed by atoms with van der Waals surface area (Å²) in [5.41, 5.74) is 0.658. The molecule has 4 atom stereocenters. The van der Waals surface area contributed by atoms with Crippen molar-refractivity contribution in [2.24, 2.45) is 0 Å². The van der Waals surface area contributed by atoms with Crippen molar-refractivity contribution in [1.82, 2.24) is 19.5 Å². The molecule has 0 radical (unpaired) electrons. The van der Waals surface area contributed by atoms with E-state index in [0.717, 1.165) is 0 Å². The number of nitrogens with one attached hydrogen (secondary N) is 2. The molecule has 26 heavy (non-hydrogen) atoms. The van der Waals surface area contributed by atoms with Gasteiger partial charge in [-0.05, 0) is 20.6 Å². The lowest BCUT2D eigenvalue weighted by atomic mass is 10.1. The van der Waals surface area contributed by atoms with E-state index in [1.54, 1.807) is 0 Å². The highest BCUT2D eigenvalue weighted by Crippen LogP contribution is 2.32. The molecule has 4 N–H and O–H groups in total. The maximum absolute atomic E-state index is 11.5. The van der Waals surface area contributed by atoms with E-state index in [1.165, 1.54) is 17.8 Å². The summed E-state index contributed by atoms with van der Waals surface area (Å²) in [7, 11) is 0. The van der Waals surface area contributed by atoms with Crippen molar-refractivity contribution >= 4 is 29.5 Å². The number of carbonyl (C=O) groups excluding carboxylic acids is 1. The van der Waals surface area contributed by atoms with Crippen molar-refractivity contribution in [3.05, 3.63) is 12.2 Å². The molecule has 0 unspecified atom stereocenters. The Morgan fingerprint density at radius 2 is 2.15 bits per heavy atom. The van der Waals surface area contributed by atoms with Gasteiger partial charge in [-0.15, -0.1) is 0 Å². The molecule has 1 aliphatic heterocycles. The molecule has 11 nitrogen and oxygen atoms in total. The van der Waals surface area contributed by atoms with Gasteiger partial charge in [0.1, 0.15) is 24.4 Å². The molecule has 0 bridgehead atoms. The predicted molar refractivity (Wildman–Crippen MR) is 90.6 cm³/mol. The van der Waals surface area contributed by atoms with Crippen LogP contribution in [0.1, 0.15) is 25.9 Å². The van der Waals surface area contributed by atoms with Gasteiger partial charge in [0.05, 0.1) is 6.33 Å². The number of hydrogen-bond donors (Lipinski definition) is 4. The van der Waals surface area contributed by atoms with Gasteiger partial charge in [0.15, 0.2) is 29.0 Å². The first-order valence-corrected chi connectivity index (χ1v) is 7.73. The fourth-order valence-corrected chi connectivity index (χ4v) is 2.67. The minimum Gasteiger partial charge on any atom is -0.387 e. The molecule has 1 saturated heterocycles. The number of nitrogens with zero attached hydrogens (tertiary/aromatic N) is 5. The third-order valence-electron chi connectivity index (χ3n) is 3.78. The van der Waals surface area contributed by atoms with Crippen molar-refractivity contribution < 1.29 is 19.7 Å². The topological polar surface area (TPSA) is 170 Å². The molecule has 138 valence electrons. The van der Waals surface area contributed by atoms with Crippen molar-refractivity contribution in [2.75, 3.05) is 11.9 Å². The first-order chi connectivity index (χ1) is 12.5. The minimum absolute atomic E-state index is 0.0728. The monoisotopic (exact) mass is 361 g/mol. The van der Waals surface area contributed by atoms with Crippen LogP contribution in [0.2, 0.25) is 0 Å². The smallest absolute Gasteiger partial charge is 0.236 e. The zero-order valence-electron chi connectivity index (χ0n) is 14.2. The van der Waals surface area contributed by atoms with Gasteiger partial charge in [-0.1, -0.05) is 0 Å². The Bertz CT molecular complexity index is 846. The van der Waals surface area contributed by atoms with E-state index in [-0.39, 0.29) is 11.5 Å². The molecule has 0 spiro atoms. The fraction of sp³-hybridized carbons (Fsp3) is 0.467. The second-order valence-corrected chi connectivity index (χ2v) is 5.40. The molecule has 3 rings (SSSR count). The molecule has 0 saturated carbocycles. The molecule has 2 aromatic heterocycles. The Labute approximate surface area is 148 Å². The van der Waals surface area contributed by atoms with Crippen LogP contribution in [0.15, 0.2) is 6.33 Å². The van der Waals surface area contributed by atoms with Crippen molar-refractivity contribution in [3.8, 4) is 6.07 Å². The summed E-state index contributed by atoms with van der Waals surface area (Å²) in [5.74, 6) is -0.0838. The van der Waals surface area contributed by atoms with Gasteiger partial charge < -0.3 is 25.7 Å². The Morgan fingerprint density at radius 3 is 2.69 bits per heavy atom. The number of carbonyl (C=O) groups is 1. The third kappa shape index (κ3) is 3.25. The van der Waals surface area contributed by atoms with Crippen LogP contribution in [-0.2, 0) is 9.53 Å². The molecule has 1 fully saturated rings. The van der Waals surface area contributed by atoms with Crippen LogP contribution in [0.4, 0.5) is 5.82 Å². The van der Waals surface area contributed by atoms with Crippen LogP contribution < -0.4 is 5.32 Å². The third-order valence-corrected chi connectivity index (χ3v) is 3.78. The average molecular weight is 361 g/mol. The first-order valence-electron chi connectivity index (χ1n) is 7.73. The van der Waals surface area contributed by atoms with Gasteiger partial charge in [0.25, 0.3) is 0 Å². The Balaban J connectivity index is 0.00000117. The van der Waals surface area contributed by atoms with Crippen LogP contribution in [0.25, 0.3) is 11.2 Å². The number of aromatic nitrogens is 4. The molecule has 0 aromatic carbocycles. The van der Waals surface area contributed by atoms with Crippen LogP contribution >= 0.6 is 0 Å². The van der Waals surface area contributed by atoms with Gasteiger partial charge in [-0.25, -0.2) is 4.98 Å². The van der Waals surface area contributed by atoms with Crippen LogP contribution in [-0.4, -0.2) is 67.1 Å². The number of nitriles is 1. The number of hydrogen-bond acceptors (Lipinski definition) is 10. The molecule has 2 aromatic rings. The highest BCUT2D eigenvalue weighted by Gasteiger charge is 2.46.